The zero-order valence-corrected chi connectivity index (χ0v) is 9.97. The van der Waals surface area contributed by atoms with E-state index in [1.165, 1.54) is 0 Å². The van der Waals surface area contributed by atoms with Crippen molar-refractivity contribution in [2.45, 2.75) is 6.18 Å². The average Bonchev–Trinajstić information content (AvgIpc) is 2.77. The van der Waals surface area contributed by atoms with E-state index in [-0.39, 0.29) is 21.3 Å². The van der Waals surface area contributed by atoms with E-state index in [1.807, 2.05) is 0 Å². The first-order valence-corrected chi connectivity index (χ1v) is 5.62. The van der Waals surface area contributed by atoms with Gasteiger partial charge in [0.25, 0.3) is 0 Å². The van der Waals surface area contributed by atoms with E-state index >= 15 is 0 Å². The van der Waals surface area contributed by atoms with Gasteiger partial charge in [0.2, 0.25) is 0 Å². The summed E-state index contributed by atoms with van der Waals surface area (Å²) in [5.74, 6) is 0. The maximum atomic E-state index is 12.4. The van der Waals surface area contributed by atoms with E-state index in [9.17, 15) is 18.0 Å². The van der Waals surface area contributed by atoms with E-state index in [0.717, 1.165) is 12.5 Å². The summed E-state index contributed by atoms with van der Waals surface area (Å²) in [6, 6.07) is 0. The lowest BCUT2D eigenvalue weighted by Gasteiger charge is -2.01. The number of halogens is 4. The average molecular weight is 294 g/mol. The Labute approximate surface area is 107 Å². The number of hydrogen-bond acceptors (Lipinski definition) is 5. The molecule has 0 atom stereocenters. The van der Waals surface area contributed by atoms with Crippen molar-refractivity contribution in [3.05, 3.63) is 28.2 Å². The second-order valence-corrected chi connectivity index (χ2v) is 4.46. The number of hydrogen-bond donors (Lipinski definition) is 0. The second-order valence-electron chi connectivity index (χ2n) is 3.07. The van der Waals surface area contributed by atoms with Crippen molar-refractivity contribution in [3.8, 4) is 10.6 Å². The van der Waals surface area contributed by atoms with Crippen molar-refractivity contribution >= 4 is 29.2 Å². The van der Waals surface area contributed by atoms with Gasteiger partial charge in [-0.3, -0.25) is 4.79 Å². The fourth-order valence-corrected chi connectivity index (χ4v) is 2.16. The lowest BCUT2D eigenvalue weighted by Crippen LogP contribution is -2.02. The highest BCUT2D eigenvalue weighted by atomic mass is 35.5. The molecule has 2 aromatic rings. The Balaban J connectivity index is 2.53. The highest BCUT2D eigenvalue weighted by Crippen LogP contribution is 2.36. The van der Waals surface area contributed by atoms with Crippen LogP contribution in [0.3, 0.4) is 0 Å². The predicted octanol–water partition coefficient (Wildman–Crippen LogP) is 3.08. The SMILES string of the molecule is O=Cc1c(Cl)ncnc1-c1cnc(C(F)(F)F)s1. The van der Waals surface area contributed by atoms with Gasteiger partial charge in [-0.05, 0) is 0 Å². The molecule has 0 aromatic carbocycles. The minimum absolute atomic E-state index is 0.0398. The number of nitrogens with zero attached hydrogens (tertiary/aromatic N) is 3. The Kier molecular flexibility index (Phi) is 3.31. The van der Waals surface area contributed by atoms with Gasteiger partial charge in [0.1, 0.15) is 11.5 Å². The van der Waals surface area contributed by atoms with Crippen LogP contribution in [0, 0.1) is 0 Å². The number of carbonyl (C=O) groups excluding carboxylic acids is 1. The molecule has 9 heteroatoms. The van der Waals surface area contributed by atoms with Crippen LogP contribution in [-0.4, -0.2) is 21.2 Å². The fourth-order valence-electron chi connectivity index (χ4n) is 1.19. The molecule has 0 aliphatic rings. The molecule has 18 heavy (non-hydrogen) atoms. The maximum Gasteiger partial charge on any atom is 0.443 e. The molecular formula is C9H3ClF3N3OS. The summed E-state index contributed by atoms with van der Waals surface area (Å²) in [7, 11) is 0. The summed E-state index contributed by atoms with van der Waals surface area (Å²) in [5, 5.41) is -1.12. The standard InChI is InChI=1S/C9H3ClF3N3OS/c10-7-4(2-17)6(15-3-16-7)5-1-14-8(18-5)9(11,12)13/h1-3H. The van der Waals surface area contributed by atoms with E-state index in [4.69, 9.17) is 11.6 Å². The largest absolute Gasteiger partial charge is 0.443 e. The van der Waals surface area contributed by atoms with E-state index in [2.05, 4.69) is 15.0 Å². The third kappa shape index (κ3) is 2.34. The molecule has 0 aliphatic carbocycles. The van der Waals surface area contributed by atoms with E-state index < -0.39 is 11.2 Å². The van der Waals surface area contributed by atoms with Crippen LogP contribution in [0.5, 0.6) is 0 Å². The molecule has 0 amide bonds. The molecule has 2 aromatic heterocycles. The number of alkyl halides is 3. The molecule has 94 valence electrons. The van der Waals surface area contributed by atoms with Gasteiger partial charge in [-0.2, -0.15) is 13.2 Å². The van der Waals surface area contributed by atoms with Gasteiger partial charge >= 0.3 is 6.18 Å². The van der Waals surface area contributed by atoms with Crippen LogP contribution < -0.4 is 0 Å². The molecule has 0 radical (unpaired) electrons. The number of rotatable bonds is 2. The van der Waals surface area contributed by atoms with Crippen molar-refractivity contribution in [2.24, 2.45) is 0 Å². The first-order chi connectivity index (χ1) is 8.43. The Morgan fingerprint density at radius 3 is 2.56 bits per heavy atom. The predicted molar refractivity (Wildman–Crippen MR) is 58.5 cm³/mol. The van der Waals surface area contributed by atoms with Crippen LogP contribution in [0.2, 0.25) is 5.15 Å². The van der Waals surface area contributed by atoms with Gasteiger partial charge in [-0.25, -0.2) is 15.0 Å². The Morgan fingerprint density at radius 1 is 1.28 bits per heavy atom. The van der Waals surface area contributed by atoms with Gasteiger partial charge in [-0.15, -0.1) is 11.3 Å². The smallest absolute Gasteiger partial charge is 0.298 e. The highest BCUT2D eigenvalue weighted by Gasteiger charge is 2.35. The van der Waals surface area contributed by atoms with E-state index in [0.29, 0.717) is 17.6 Å². The Hall–Kier alpha value is -1.54. The number of carbonyl (C=O) groups is 1. The third-order valence-electron chi connectivity index (χ3n) is 1.93. The summed E-state index contributed by atoms with van der Waals surface area (Å²) in [5.41, 5.74) is -0.0189. The number of thiazole rings is 1. The zero-order chi connectivity index (χ0) is 13.3. The van der Waals surface area contributed by atoms with Crippen LogP contribution in [-0.2, 0) is 6.18 Å². The lowest BCUT2D eigenvalue weighted by molar-refractivity contribution is -0.137. The maximum absolute atomic E-state index is 12.4. The normalized spacial score (nSPS) is 11.6. The molecule has 0 unspecified atom stereocenters. The first-order valence-electron chi connectivity index (χ1n) is 4.42. The molecule has 0 saturated carbocycles. The molecule has 0 fully saturated rings. The van der Waals surface area contributed by atoms with E-state index in [1.54, 1.807) is 0 Å². The molecule has 0 spiro atoms. The van der Waals surface area contributed by atoms with Gasteiger partial charge in [0, 0.05) is 6.20 Å². The molecule has 0 saturated heterocycles. The summed E-state index contributed by atoms with van der Waals surface area (Å²) in [6.45, 7) is 0. The van der Waals surface area contributed by atoms with Crippen molar-refractivity contribution in [3.63, 3.8) is 0 Å². The Morgan fingerprint density at radius 2 is 2.00 bits per heavy atom. The van der Waals surface area contributed by atoms with Crippen molar-refractivity contribution in [1.29, 1.82) is 0 Å². The second kappa shape index (κ2) is 4.62. The molecule has 0 bridgehead atoms. The van der Waals surface area contributed by atoms with Gasteiger partial charge in [-0.1, -0.05) is 11.6 Å². The molecule has 2 rings (SSSR count). The number of aldehydes is 1. The van der Waals surface area contributed by atoms with Crippen molar-refractivity contribution in [2.75, 3.05) is 0 Å². The quantitative estimate of drug-likeness (QED) is 0.631. The van der Waals surface area contributed by atoms with Crippen LogP contribution in [0.1, 0.15) is 15.4 Å². The highest BCUT2D eigenvalue weighted by molar-refractivity contribution is 7.15. The van der Waals surface area contributed by atoms with Crippen LogP contribution >= 0.6 is 22.9 Å². The Bertz CT molecular complexity index is 599. The summed E-state index contributed by atoms with van der Waals surface area (Å²) >= 11 is 6.04. The van der Waals surface area contributed by atoms with Crippen LogP contribution in [0.25, 0.3) is 10.6 Å². The molecule has 2 heterocycles. The molecule has 0 aliphatic heterocycles. The summed E-state index contributed by atoms with van der Waals surface area (Å²) < 4.78 is 37.2. The van der Waals surface area contributed by atoms with Crippen molar-refractivity contribution < 1.29 is 18.0 Å². The monoisotopic (exact) mass is 293 g/mol. The van der Waals surface area contributed by atoms with Crippen molar-refractivity contribution in [1.82, 2.24) is 15.0 Å². The molecule has 4 nitrogen and oxygen atoms in total. The zero-order valence-electron chi connectivity index (χ0n) is 8.40. The topological polar surface area (TPSA) is 55.7 Å². The minimum Gasteiger partial charge on any atom is -0.298 e. The van der Waals surface area contributed by atoms with Crippen LogP contribution in [0.15, 0.2) is 12.5 Å². The molecular weight excluding hydrogens is 291 g/mol. The number of aromatic nitrogens is 3. The summed E-state index contributed by atoms with van der Waals surface area (Å²) in [4.78, 5) is 21.5. The first kappa shape index (κ1) is 12.9. The van der Waals surface area contributed by atoms with Gasteiger partial charge in [0.05, 0.1) is 16.1 Å². The third-order valence-corrected chi connectivity index (χ3v) is 3.28. The minimum atomic E-state index is -4.53. The molecule has 0 N–H and O–H groups in total. The van der Waals surface area contributed by atoms with Crippen LogP contribution in [0.4, 0.5) is 13.2 Å². The van der Waals surface area contributed by atoms with Gasteiger partial charge < -0.3 is 0 Å². The summed E-state index contributed by atoms with van der Waals surface area (Å²) in [6.07, 6.45) is -2.07. The lowest BCUT2D eigenvalue weighted by atomic mass is 10.2. The van der Waals surface area contributed by atoms with Gasteiger partial charge in [0.15, 0.2) is 11.3 Å². The fraction of sp³-hybridized carbons (Fsp3) is 0.111.